The summed E-state index contributed by atoms with van der Waals surface area (Å²) in [5, 5.41) is 28.5. The fraction of sp³-hybridized carbons (Fsp3) is 0.677. The van der Waals surface area contributed by atoms with Crippen molar-refractivity contribution in [3.8, 4) is 0 Å². The monoisotopic (exact) mass is 691 g/mol. The van der Waals surface area contributed by atoms with E-state index in [1.54, 1.807) is 20.8 Å². The van der Waals surface area contributed by atoms with Gasteiger partial charge in [-0.25, -0.2) is 9.78 Å². The van der Waals surface area contributed by atoms with E-state index < -0.39 is 78.5 Å². The fourth-order valence-corrected chi connectivity index (χ4v) is 5.97. The van der Waals surface area contributed by atoms with E-state index in [1.165, 1.54) is 29.2 Å². The van der Waals surface area contributed by atoms with E-state index in [2.05, 4.69) is 31.2 Å². The third-order valence-corrected chi connectivity index (χ3v) is 8.55. The summed E-state index contributed by atoms with van der Waals surface area (Å²) in [5.74, 6) is -5.07. The first-order valence-electron chi connectivity index (χ1n) is 16.5. The molecule has 6 amide bonds. The van der Waals surface area contributed by atoms with Crippen LogP contribution in [-0.4, -0.2) is 133 Å². The maximum absolute atomic E-state index is 13.7. The number of carboxylic acids is 1. The summed E-state index contributed by atoms with van der Waals surface area (Å²) < 4.78 is 0. The highest BCUT2D eigenvalue weighted by Crippen LogP contribution is 2.25. The van der Waals surface area contributed by atoms with Crippen molar-refractivity contribution in [1.82, 2.24) is 41.0 Å². The molecule has 18 heteroatoms. The van der Waals surface area contributed by atoms with Crippen molar-refractivity contribution in [3.63, 3.8) is 0 Å². The minimum Gasteiger partial charge on any atom is -0.480 e. The van der Waals surface area contributed by atoms with Gasteiger partial charge in [-0.05, 0) is 51.9 Å². The highest BCUT2D eigenvalue weighted by molar-refractivity contribution is 5.97. The smallest absolute Gasteiger partial charge is 0.328 e. The van der Waals surface area contributed by atoms with E-state index in [4.69, 9.17) is 5.73 Å². The van der Waals surface area contributed by atoms with Crippen LogP contribution in [-0.2, 0) is 40.0 Å². The Labute approximate surface area is 284 Å². The standard InChI is InChI=1S/C31H49N9O9/c1-16(2)11-20(27(44)38-22(14-41)31(48)49)36-25(42)18(4)35-26(43)21(12-19-13-33-15-34-19)37-28(45)23-7-5-9-39(23)30(47)24-8-6-10-40(24)29(46)17(3)32/h13,15-18,20-24,41H,5-12,14,32H2,1-4H3,(H,33,34)(H,35,43)(H,36,42)(H,37,45)(H,38,44)(H,48,49)/t17-,18-,20-,21-,22-,23-,24-/m0/s1. The summed E-state index contributed by atoms with van der Waals surface area (Å²) >= 11 is 0. The van der Waals surface area contributed by atoms with Crippen LogP contribution >= 0.6 is 0 Å². The molecule has 0 radical (unpaired) electrons. The second-order valence-corrected chi connectivity index (χ2v) is 13.0. The molecule has 49 heavy (non-hydrogen) atoms. The second kappa shape index (κ2) is 17.7. The lowest BCUT2D eigenvalue weighted by atomic mass is 10.0. The van der Waals surface area contributed by atoms with Crippen LogP contribution in [0.5, 0.6) is 0 Å². The van der Waals surface area contributed by atoms with Crippen molar-refractivity contribution in [2.45, 2.75) is 109 Å². The van der Waals surface area contributed by atoms with Crippen LogP contribution in [0, 0.1) is 5.92 Å². The molecule has 0 saturated carbocycles. The number of hydrogen-bond donors (Lipinski definition) is 8. The van der Waals surface area contributed by atoms with E-state index in [0.29, 0.717) is 44.5 Å². The van der Waals surface area contributed by atoms with E-state index in [-0.39, 0.29) is 30.6 Å². The number of aromatic nitrogens is 2. The molecule has 9 N–H and O–H groups in total. The molecule has 2 fully saturated rings. The highest BCUT2D eigenvalue weighted by atomic mass is 16.4. The molecular weight excluding hydrogens is 642 g/mol. The lowest BCUT2D eigenvalue weighted by Crippen LogP contribution is -2.59. The average molecular weight is 692 g/mol. The number of likely N-dealkylation sites (tertiary alicyclic amines) is 2. The molecule has 0 bridgehead atoms. The number of aliphatic hydroxyl groups excluding tert-OH is 1. The third-order valence-electron chi connectivity index (χ3n) is 8.55. The molecule has 272 valence electrons. The Bertz CT molecular complexity index is 1350. The fourth-order valence-electron chi connectivity index (χ4n) is 5.97. The summed E-state index contributed by atoms with van der Waals surface area (Å²) in [6, 6.07) is -7.50. The van der Waals surface area contributed by atoms with E-state index in [9.17, 15) is 43.8 Å². The minimum absolute atomic E-state index is 0.0258. The quantitative estimate of drug-likeness (QED) is 0.0888. The normalized spacial score (nSPS) is 20.6. The highest BCUT2D eigenvalue weighted by Gasteiger charge is 2.43. The number of rotatable bonds is 16. The predicted molar refractivity (Wildman–Crippen MR) is 173 cm³/mol. The molecular formula is C31H49N9O9. The number of nitrogens with zero attached hydrogens (tertiary/aromatic N) is 3. The number of nitrogens with two attached hydrogens (primary N) is 1. The number of carbonyl (C=O) groups excluding carboxylic acids is 6. The maximum Gasteiger partial charge on any atom is 0.328 e. The molecule has 0 aromatic carbocycles. The topological polar surface area (TPSA) is 269 Å². The molecule has 1 aromatic rings. The summed E-state index contributed by atoms with van der Waals surface area (Å²) in [7, 11) is 0. The van der Waals surface area contributed by atoms with E-state index in [1.807, 2.05) is 0 Å². The number of H-pyrrole nitrogens is 1. The Kier molecular flexibility index (Phi) is 14.0. The first-order chi connectivity index (χ1) is 23.1. The summed E-state index contributed by atoms with van der Waals surface area (Å²) in [6.45, 7) is 6.38. The lowest BCUT2D eigenvalue weighted by Gasteiger charge is -2.32. The summed E-state index contributed by atoms with van der Waals surface area (Å²) in [5.41, 5.74) is 6.30. The predicted octanol–water partition coefficient (Wildman–Crippen LogP) is -2.64. The van der Waals surface area contributed by atoms with Gasteiger partial charge in [0.2, 0.25) is 35.4 Å². The van der Waals surface area contributed by atoms with Crippen LogP contribution in [0.2, 0.25) is 0 Å². The number of imidazole rings is 1. The zero-order valence-electron chi connectivity index (χ0n) is 28.3. The zero-order chi connectivity index (χ0) is 36.4. The van der Waals surface area contributed by atoms with Crippen molar-refractivity contribution in [2.75, 3.05) is 19.7 Å². The van der Waals surface area contributed by atoms with Gasteiger partial charge in [0.1, 0.15) is 36.3 Å². The Balaban J connectivity index is 1.71. The summed E-state index contributed by atoms with van der Waals surface area (Å²) in [6.07, 6.45) is 4.97. The zero-order valence-corrected chi connectivity index (χ0v) is 28.3. The number of aliphatic carboxylic acids is 1. The van der Waals surface area contributed by atoms with Crippen molar-refractivity contribution < 1.29 is 43.8 Å². The van der Waals surface area contributed by atoms with Gasteiger partial charge in [0.15, 0.2) is 0 Å². The van der Waals surface area contributed by atoms with Crippen molar-refractivity contribution in [3.05, 3.63) is 18.2 Å². The van der Waals surface area contributed by atoms with Crippen LogP contribution in [0.3, 0.4) is 0 Å². The van der Waals surface area contributed by atoms with Gasteiger partial charge in [-0.15, -0.1) is 0 Å². The Morgan fingerprint density at radius 1 is 0.878 bits per heavy atom. The molecule has 3 rings (SSSR count). The van der Waals surface area contributed by atoms with Crippen LogP contribution < -0.4 is 27.0 Å². The van der Waals surface area contributed by atoms with Gasteiger partial charge in [0, 0.05) is 31.4 Å². The number of carboxylic acid groups (broad SMARTS) is 1. The number of amides is 6. The second-order valence-electron chi connectivity index (χ2n) is 13.0. The maximum atomic E-state index is 13.7. The van der Waals surface area contributed by atoms with Crippen molar-refractivity contribution in [1.29, 1.82) is 0 Å². The molecule has 18 nitrogen and oxygen atoms in total. The van der Waals surface area contributed by atoms with Crippen LogP contribution in [0.25, 0.3) is 0 Å². The van der Waals surface area contributed by atoms with Gasteiger partial charge in [-0.3, -0.25) is 28.8 Å². The summed E-state index contributed by atoms with van der Waals surface area (Å²) in [4.78, 5) is 100. The number of hydrogen-bond acceptors (Lipinski definition) is 10. The molecule has 3 heterocycles. The lowest BCUT2D eigenvalue weighted by molar-refractivity contribution is -0.147. The first-order valence-corrected chi connectivity index (χ1v) is 16.5. The number of carbonyl (C=O) groups is 7. The molecule has 0 aliphatic carbocycles. The largest absolute Gasteiger partial charge is 0.480 e. The average Bonchev–Trinajstić information content (AvgIpc) is 3.84. The third kappa shape index (κ3) is 10.5. The van der Waals surface area contributed by atoms with Crippen LogP contribution in [0.4, 0.5) is 0 Å². The van der Waals surface area contributed by atoms with E-state index in [0.717, 1.165) is 0 Å². The van der Waals surface area contributed by atoms with Crippen molar-refractivity contribution in [2.24, 2.45) is 11.7 Å². The van der Waals surface area contributed by atoms with Gasteiger partial charge < -0.3 is 52.0 Å². The molecule has 1 aromatic heterocycles. The van der Waals surface area contributed by atoms with Gasteiger partial charge in [0.05, 0.1) is 19.0 Å². The minimum atomic E-state index is -1.57. The van der Waals surface area contributed by atoms with E-state index >= 15 is 0 Å². The van der Waals surface area contributed by atoms with Crippen molar-refractivity contribution >= 4 is 41.4 Å². The number of nitrogens with one attached hydrogen (secondary N) is 5. The molecule has 7 atom stereocenters. The van der Waals surface area contributed by atoms with Gasteiger partial charge in [-0.1, -0.05) is 13.8 Å². The molecule has 0 unspecified atom stereocenters. The van der Waals surface area contributed by atoms with Gasteiger partial charge >= 0.3 is 5.97 Å². The van der Waals surface area contributed by atoms with Gasteiger partial charge in [0.25, 0.3) is 0 Å². The Morgan fingerprint density at radius 3 is 2.06 bits per heavy atom. The Hall–Kier alpha value is -4.58. The van der Waals surface area contributed by atoms with Crippen LogP contribution in [0.15, 0.2) is 12.5 Å². The van der Waals surface area contributed by atoms with Crippen LogP contribution in [0.1, 0.15) is 65.5 Å². The molecule has 2 saturated heterocycles. The molecule has 0 spiro atoms. The first kappa shape index (κ1) is 38.9. The molecule has 2 aliphatic heterocycles. The number of aromatic amines is 1. The van der Waals surface area contributed by atoms with Gasteiger partial charge in [-0.2, -0.15) is 0 Å². The number of aliphatic hydroxyl groups is 1. The Morgan fingerprint density at radius 2 is 1.49 bits per heavy atom. The molecule has 2 aliphatic rings. The SMILES string of the molecule is CC(C)C[C@H](NC(=O)[C@H](C)NC(=O)[C@H](Cc1cnc[nH]1)NC(=O)[C@@H]1CCCN1C(=O)[C@@H]1CCCN1C(=O)[C@H](C)N)C(=O)N[C@@H](CO)C(=O)O.